The first-order chi connectivity index (χ1) is 10.2. The third kappa shape index (κ3) is 2.91. The lowest BCUT2D eigenvalue weighted by molar-refractivity contribution is -0.130. The van der Waals surface area contributed by atoms with Gasteiger partial charge in [-0.2, -0.15) is 0 Å². The van der Waals surface area contributed by atoms with E-state index in [1.165, 1.54) is 0 Å². The lowest BCUT2D eigenvalue weighted by atomic mass is 10.1. The van der Waals surface area contributed by atoms with Crippen molar-refractivity contribution in [3.05, 3.63) is 29.8 Å². The fraction of sp³-hybridized carbons (Fsp3) is 0.588. The van der Waals surface area contributed by atoms with Crippen LogP contribution in [-0.2, 0) is 4.79 Å². The summed E-state index contributed by atoms with van der Waals surface area (Å²) in [7, 11) is 1.68. The predicted octanol–water partition coefficient (Wildman–Crippen LogP) is 2.85. The molecule has 0 bridgehead atoms. The van der Waals surface area contributed by atoms with E-state index in [2.05, 4.69) is 23.2 Å². The monoisotopic (exact) mass is 288 g/mol. The van der Waals surface area contributed by atoms with E-state index in [0.717, 1.165) is 43.4 Å². The third-order valence-electron chi connectivity index (χ3n) is 4.39. The first-order valence-electron chi connectivity index (χ1n) is 7.96. The van der Waals surface area contributed by atoms with Crippen molar-refractivity contribution in [3.8, 4) is 5.75 Å². The quantitative estimate of drug-likeness (QED) is 0.875. The Balaban J connectivity index is 1.83. The molecule has 1 aromatic rings. The maximum absolute atomic E-state index is 12.7. The summed E-state index contributed by atoms with van der Waals surface area (Å²) in [6.45, 7) is 2.16. The summed E-state index contributed by atoms with van der Waals surface area (Å²) in [4.78, 5) is 14.7. The average molecular weight is 288 g/mol. The molecule has 1 amide bonds. The van der Waals surface area contributed by atoms with Crippen LogP contribution in [-0.4, -0.2) is 30.0 Å². The highest BCUT2D eigenvalue weighted by molar-refractivity contribution is 5.85. The Bertz CT molecular complexity index is 513. The summed E-state index contributed by atoms with van der Waals surface area (Å²) in [5.74, 6) is 1.12. The molecule has 2 fully saturated rings. The number of methoxy groups -OCH3 is 1. The zero-order valence-corrected chi connectivity index (χ0v) is 12.8. The van der Waals surface area contributed by atoms with E-state index in [0.29, 0.717) is 6.04 Å². The normalized spacial score (nSPS) is 25.4. The first-order valence-corrected chi connectivity index (χ1v) is 7.96. The Labute approximate surface area is 126 Å². The molecule has 1 heterocycles. The molecule has 1 N–H and O–H groups in total. The van der Waals surface area contributed by atoms with Crippen LogP contribution in [0.1, 0.15) is 50.8 Å². The molecule has 2 atom stereocenters. The summed E-state index contributed by atoms with van der Waals surface area (Å²) in [6, 6.07) is 8.43. The Morgan fingerprint density at radius 1 is 1.38 bits per heavy atom. The van der Waals surface area contributed by atoms with Gasteiger partial charge in [0.25, 0.3) is 0 Å². The van der Waals surface area contributed by atoms with Gasteiger partial charge in [0.15, 0.2) is 0 Å². The second kappa shape index (κ2) is 6.06. The van der Waals surface area contributed by atoms with Gasteiger partial charge in [-0.25, -0.2) is 0 Å². The Hall–Kier alpha value is -1.55. The van der Waals surface area contributed by atoms with Gasteiger partial charge >= 0.3 is 0 Å². The second-order valence-corrected chi connectivity index (χ2v) is 6.02. The number of hydrogen-bond donors (Lipinski definition) is 1. The fourth-order valence-corrected chi connectivity index (χ4v) is 3.08. The number of benzene rings is 1. The van der Waals surface area contributed by atoms with Crippen LogP contribution in [0.4, 0.5) is 0 Å². The van der Waals surface area contributed by atoms with Crippen molar-refractivity contribution < 1.29 is 9.53 Å². The molecule has 4 nitrogen and oxygen atoms in total. The lowest BCUT2D eigenvalue weighted by Crippen LogP contribution is -2.33. The smallest absolute Gasteiger partial charge is 0.241 e. The van der Waals surface area contributed by atoms with Gasteiger partial charge in [0.2, 0.25) is 5.91 Å². The van der Waals surface area contributed by atoms with Crippen molar-refractivity contribution in [1.29, 1.82) is 0 Å². The summed E-state index contributed by atoms with van der Waals surface area (Å²) in [6.07, 6.45) is 5.41. The maximum atomic E-state index is 12.7. The second-order valence-electron chi connectivity index (χ2n) is 6.02. The van der Waals surface area contributed by atoms with E-state index < -0.39 is 0 Å². The predicted molar refractivity (Wildman–Crippen MR) is 82.1 cm³/mol. The minimum atomic E-state index is -0.0262. The van der Waals surface area contributed by atoms with Crippen molar-refractivity contribution in [2.24, 2.45) is 0 Å². The Kier molecular flexibility index (Phi) is 4.15. The molecule has 4 heteroatoms. The molecule has 1 aromatic carbocycles. The zero-order chi connectivity index (χ0) is 14.8. The molecule has 2 unspecified atom stereocenters. The highest BCUT2D eigenvalue weighted by Crippen LogP contribution is 2.38. The van der Waals surface area contributed by atoms with Crippen LogP contribution in [0, 0.1) is 0 Å². The van der Waals surface area contributed by atoms with Crippen LogP contribution in [0.3, 0.4) is 0 Å². The standard InChI is InChI=1S/C17H24N2O2/c1-3-4-8-15-17(20)19(13-9-10-13)16(18-15)12-6-5-7-14(11-12)21-2/h5-7,11,13,15-16,18H,3-4,8-10H2,1-2H3. The molecule has 1 saturated carbocycles. The molecule has 0 spiro atoms. The van der Waals surface area contributed by atoms with Crippen LogP contribution in [0.5, 0.6) is 5.75 Å². The number of carbonyl (C=O) groups excluding carboxylic acids is 1. The van der Waals surface area contributed by atoms with Gasteiger partial charge in [-0.1, -0.05) is 31.9 Å². The zero-order valence-electron chi connectivity index (χ0n) is 12.8. The molecule has 114 valence electrons. The van der Waals surface area contributed by atoms with E-state index in [-0.39, 0.29) is 18.1 Å². The van der Waals surface area contributed by atoms with E-state index in [1.54, 1.807) is 7.11 Å². The summed E-state index contributed by atoms with van der Waals surface area (Å²) in [5, 5.41) is 3.54. The number of nitrogens with zero attached hydrogens (tertiary/aromatic N) is 1. The highest BCUT2D eigenvalue weighted by Gasteiger charge is 2.46. The molecule has 1 saturated heterocycles. The van der Waals surface area contributed by atoms with Crippen molar-refractivity contribution in [1.82, 2.24) is 10.2 Å². The van der Waals surface area contributed by atoms with E-state index in [1.807, 2.05) is 18.2 Å². The van der Waals surface area contributed by atoms with Crippen LogP contribution < -0.4 is 10.1 Å². The molecule has 1 aliphatic carbocycles. The largest absolute Gasteiger partial charge is 0.497 e. The number of hydrogen-bond acceptors (Lipinski definition) is 3. The minimum absolute atomic E-state index is 0.00181. The van der Waals surface area contributed by atoms with Gasteiger partial charge in [0.1, 0.15) is 11.9 Å². The van der Waals surface area contributed by atoms with E-state index in [4.69, 9.17) is 4.74 Å². The average Bonchev–Trinajstić information content (AvgIpc) is 3.29. The third-order valence-corrected chi connectivity index (χ3v) is 4.39. The van der Waals surface area contributed by atoms with Crippen LogP contribution in [0.15, 0.2) is 24.3 Å². The topological polar surface area (TPSA) is 41.6 Å². The number of nitrogens with one attached hydrogen (secondary N) is 1. The minimum Gasteiger partial charge on any atom is -0.497 e. The van der Waals surface area contributed by atoms with Crippen LogP contribution in [0.2, 0.25) is 0 Å². The van der Waals surface area contributed by atoms with E-state index >= 15 is 0 Å². The number of rotatable bonds is 6. The Morgan fingerprint density at radius 2 is 2.19 bits per heavy atom. The van der Waals surface area contributed by atoms with Gasteiger partial charge in [-0.05, 0) is 37.0 Å². The van der Waals surface area contributed by atoms with Crippen LogP contribution in [0.25, 0.3) is 0 Å². The summed E-state index contributed by atoms with van der Waals surface area (Å²) in [5.41, 5.74) is 1.12. The molecule has 21 heavy (non-hydrogen) atoms. The first kappa shape index (κ1) is 14.4. The number of carbonyl (C=O) groups is 1. The van der Waals surface area contributed by atoms with Crippen molar-refractivity contribution in [2.45, 2.75) is 57.3 Å². The number of ether oxygens (including phenoxy) is 1. The molecule has 1 aliphatic heterocycles. The van der Waals surface area contributed by atoms with Gasteiger partial charge in [0.05, 0.1) is 13.2 Å². The van der Waals surface area contributed by atoms with Gasteiger partial charge in [-0.15, -0.1) is 0 Å². The lowest BCUT2D eigenvalue weighted by Gasteiger charge is -2.24. The molecule has 0 radical (unpaired) electrons. The SMILES string of the molecule is CCCCC1NC(c2cccc(OC)c2)N(C2CC2)C1=O. The fourth-order valence-electron chi connectivity index (χ4n) is 3.08. The summed E-state index contributed by atoms with van der Waals surface area (Å²) >= 11 is 0. The Morgan fingerprint density at radius 3 is 2.86 bits per heavy atom. The maximum Gasteiger partial charge on any atom is 0.241 e. The van der Waals surface area contributed by atoms with Gasteiger partial charge in [0, 0.05) is 6.04 Å². The molecule has 3 rings (SSSR count). The van der Waals surface area contributed by atoms with E-state index in [9.17, 15) is 4.79 Å². The van der Waals surface area contributed by atoms with Gasteiger partial charge < -0.3 is 9.64 Å². The number of amides is 1. The van der Waals surface area contributed by atoms with Crippen molar-refractivity contribution in [3.63, 3.8) is 0 Å². The van der Waals surface area contributed by atoms with Crippen molar-refractivity contribution >= 4 is 5.91 Å². The number of unbranched alkanes of at least 4 members (excludes halogenated alkanes) is 1. The molecule has 2 aliphatic rings. The van der Waals surface area contributed by atoms with Crippen LogP contribution >= 0.6 is 0 Å². The summed E-state index contributed by atoms with van der Waals surface area (Å²) < 4.78 is 5.31. The molecular formula is C17H24N2O2. The molecule has 0 aromatic heterocycles. The molecular weight excluding hydrogens is 264 g/mol. The van der Waals surface area contributed by atoms with Gasteiger partial charge in [-0.3, -0.25) is 10.1 Å². The van der Waals surface area contributed by atoms with Crippen molar-refractivity contribution in [2.75, 3.05) is 7.11 Å². The highest BCUT2D eigenvalue weighted by atomic mass is 16.5.